The molecule has 2 aliphatic carbocycles. The van der Waals surface area contributed by atoms with Gasteiger partial charge in [0, 0.05) is 15.4 Å². The van der Waals surface area contributed by atoms with Crippen LogP contribution < -0.4 is 0 Å². The molecule has 0 fully saturated rings. The zero-order valence-corrected chi connectivity index (χ0v) is 21.7. The van der Waals surface area contributed by atoms with Gasteiger partial charge in [0.25, 0.3) is 0 Å². The van der Waals surface area contributed by atoms with Crippen molar-refractivity contribution in [1.29, 1.82) is 0 Å². The Hall–Kier alpha value is -0.640. The first-order valence-corrected chi connectivity index (χ1v) is 12.1. The van der Waals surface area contributed by atoms with Crippen LogP contribution in [0.5, 0.6) is 0 Å². The normalized spacial score (nSPS) is 22.4. The molecule has 4 rings (SSSR count). The van der Waals surface area contributed by atoms with E-state index in [1.165, 1.54) is 28.4 Å². The van der Waals surface area contributed by atoms with Crippen LogP contribution >= 0.6 is 31.9 Å². The maximum Gasteiger partial charge on any atom is 0.0944 e. The molecule has 0 spiro atoms. The maximum absolute atomic E-state index is 10.5. The predicted octanol–water partition coefficient (Wildman–Crippen LogP) is 8.15. The van der Waals surface area contributed by atoms with E-state index in [1.807, 2.05) is 12.1 Å². The maximum atomic E-state index is 10.5. The van der Waals surface area contributed by atoms with Crippen molar-refractivity contribution in [1.82, 2.24) is 0 Å². The van der Waals surface area contributed by atoms with Gasteiger partial charge in [0.2, 0.25) is 0 Å². The number of fused-ring (bicyclic) bond motifs is 2. The van der Waals surface area contributed by atoms with Gasteiger partial charge >= 0.3 is 0 Å². The van der Waals surface area contributed by atoms with E-state index in [9.17, 15) is 5.11 Å². The Morgan fingerprint density at radius 3 is 2.00 bits per heavy atom. The van der Waals surface area contributed by atoms with Gasteiger partial charge in [0.15, 0.2) is 0 Å². The van der Waals surface area contributed by atoms with Gasteiger partial charge in [0.1, 0.15) is 0 Å². The summed E-state index contributed by atoms with van der Waals surface area (Å²) < 4.78 is 2.31. The van der Waals surface area contributed by atoms with Crippen LogP contribution in [-0.4, -0.2) is 5.11 Å². The van der Waals surface area contributed by atoms with Gasteiger partial charge in [-0.3, -0.25) is 0 Å². The van der Waals surface area contributed by atoms with Gasteiger partial charge in [-0.15, -0.1) is 0 Å². The molecule has 3 heteroatoms. The third kappa shape index (κ3) is 5.74. The number of hydrogen-bond acceptors (Lipinski definition) is 1. The highest BCUT2D eigenvalue weighted by Crippen LogP contribution is 2.47. The Bertz CT molecular complexity index is 889. The molecule has 2 atom stereocenters. The Morgan fingerprint density at radius 2 is 1.48 bits per heavy atom. The molecule has 0 radical (unpaired) electrons. The van der Waals surface area contributed by atoms with Crippen LogP contribution in [-0.2, 0) is 18.4 Å². The third-order valence-corrected chi connectivity index (χ3v) is 6.73. The lowest BCUT2D eigenvalue weighted by Gasteiger charge is -2.43. The zero-order valence-electron chi connectivity index (χ0n) is 18.6. The topological polar surface area (TPSA) is 20.2 Å². The second-order valence-electron chi connectivity index (χ2n) is 11.3. The van der Waals surface area contributed by atoms with Crippen molar-refractivity contribution in [2.75, 3.05) is 0 Å². The van der Waals surface area contributed by atoms with Gasteiger partial charge in [-0.25, -0.2) is 0 Å². The first-order chi connectivity index (χ1) is 13.3. The van der Waals surface area contributed by atoms with Crippen LogP contribution in [0, 0.1) is 10.8 Å². The molecule has 0 aromatic heterocycles. The molecule has 0 aliphatic heterocycles. The van der Waals surface area contributed by atoms with Crippen molar-refractivity contribution in [3.05, 3.63) is 67.6 Å². The highest BCUT2D eigenvalue weighted by atomic mass is 79.9. The third-order valence-electron chi connectivity index (χ3n) is 5.74. The van der Waals surface area contributed by atoms with Crippen LogP contribution in [0.2, 0.25) is 0 Å². The number of benzene rings is 2. The summed E-state index contributed by atoms with van der Waals surface area (Å²) in [4.78, 5) is 0. The summed E-state index contributed by atoms with van der Waals surface area (Å²) in [6.07, 6.45) is 4.20. The van der Waals surface area contributed by atoms with Crippen molar-refractivity contribution in [3.8, 4) is 0 Å². The van der Waals surface area contributed by atoms with Crippen molar-refractivity contribution in [2.45, 2.75) is 78.7 Å². The Balaban J connectivity index is 0.000000166. The molecule has 1 nitrogen and oxygen atoms in total. The summed E-state index contributed by atoms with van der Waals surface area (Å²) in [5, 5.41) is 10.5. The molecular weight excluding hydrogens is 488 g/mol. The largest absolute Gasteiger partial charge is 0.385 e. The molecule has 1 N–H and O–H groups in total. The number of hydrogen-bond donors (Lipinski definition) is 1. The molecule has 0 heterocycles. The van der Waals surface area contributed by atoms with Gasteiger partial charge in [0.05, 0.1) is 5.60 Å². The summed E-state index contributed by atoms with van der Waals surface area (Å²) in [7, 11) is 0. The highest BCUT2D eigenvalue weighted by Gasteiger charge is 2.43. The Morgan fingerprint density at radius 1 is 0.897 bits per heavy atom. The van der Waals surface area contributed by atoms with Crippen LogP contribution in [0.25, 0.3) is 0 Å². The quantitative estimate of drug-likeness (QED) is 0.422. The number of halogens is 2. The van der Waals surface area contributed by atoms with Crippen LogP contribution in [0.1, 0.15) is 82.6 Å². The molecule has 0 bridgehead atoms. The SMILES string of the molecule is CC(C)(C)CC1(O)Cc2cc(Br)ccc21.CC(C)(C)CC1Cc2cc(Br)ccc21. The zero-order chi connectivity index (χ0) is 21.6. The van der Waals surface area contributed by atoms with E-state index in [-0.39, 0.29) is 5.41 Å². The molecule has 0 saturated carbocycles. The number of rotatable bonds is 2. The average molecular weight is 522 g/mol. The summed E-state index contributed by atoms with van der Waals surface area (Å²) in [5.74, 6) is 0.804. The second-order valence-corrected chi connectivity index (χ2v) is 13.1. The summed E-state index contributed by atoms with van der Waals surface area (Å²) in [6.45, 7) is 13.5. The molecule has 29 heavy (non-hydrogen) atoms. The van der Waals surface area contributed by atoms with Gasteiger partial charge in [-0.2, -0.15) is 0 Å². The first-order valence-electron chi connectivity index (χ1n) is 10.6. The first kappa shape index (κ1) is 23.0. The fraction of sp³-hybridized carbons (Fsp3) is 0.538. The monoisotopic (exact) mass is 520 g/mol. The minimum Gasteiger partial charge on any atom is -0.385 e. The standard InChI is InChI=1S/C13H17BrO.C13H17Br/c1-12(2,3)8-13(15)7-9-6-10(14)4-5-11(9)13;1-13(2,3)8-10-6-9-7-11(14)4-5-12(9)10/h4-6,15H,7-8H2,1-3H3;4-5,7,10H,6,8H2,1-3H3. The minimum atomic E-state index is -0.589. The molecular formula is C26H34Br2O. The Labute approximate surface area is 193 Å². The molecule has 0 saturated heterocycles. The van der Waals surface area contributed by atoms with Crippen LogP contribution in [0.15, 0.2) is 45.3 Å². The summed E-state index contributed by atoms with van der Waals surface area (Å²) >= 11 is 6.96. The summed E-state index contributed by atoms with van der Waals surface area (Å²) in [6, 6.07) is 12.8. The molecule has 158 valence electrons. The molecule has 2 aromatic carbocycles. The summed E-state index contributed by atoms with van der Waals surface area (Å²) in [5.41, 5.74) is 5.52. The highest BCUT2D eigenvalue weighted by molar-refractivity contribution is 9.10. The van der Waals surface area contributed by atoms with Crippen molar-refractivity contribution < 1.29 is 5.11 Å². The second kappa shape index (κ2) is 8.13. The van der Waals surface area contributed by atoms with Crippen LogP contribution in [0.3, 0.4) is 0 Å². The van der Waals surface area contributed by atoms with Crippen molar-refractivity contribution >= 4 is 31.9 Å². The molecule has 0 amide bonds. The predicted molar refractivity (Wildman–Crippen MR) is 130 cm³/mol. The lowest BCUT2D eigenvalue weighted by molar-refractivity contribution is -0.0243. The lowest BCUT2D eigenvalue weighted by atomic mass is 9.66. The molecule has 2 aromatic rings. The Kier molecular flexibility index (Phi) is 6.46. The lowest BCUT2D eigenvalue weighted by Crippen LogP contribution is -2.41. The fourth-order valence-electron chi connectivity index (χ4n) is 4.82. The fourth-order valence-corrected chi connectivity index (χ4v) is 5.63. The minimum absolute atomic E-state index is 0.166. The van der Waals surface area contributed by atoms with E-state index in [0.717, 1.165) is 28.8 Å². The van der Waals surface area contributed by atoms with Gasteiger partial charge in [-0.05, 0) is 82.5 Å². The van der Waals surface area contributed by atoms with Gasteiger partial charge < -0.3 is 5.11 Å². The van der Waals surface area contributed by atoms with E-state index in [2.05, 4.69) is 97.7 Å². The van der Waals surface area contributed by atoms with E-state index in [1.54, 1.807) is 5.56 Å². The van der Waals surface area contributed by atoms with E-state index in [4.69, 9.17) is 0 Å². The van der Waals surface area contributed by atoms with E-state index < -0.39 is 5.60 Å². The van der Waals surface area contributed by atoms with Crippen molar-refractivity contribution in [3.63, 3.8) is 0 Å². The smallest absolute Gasteiger partial charge is 0.0944 e. The van der Waals surface area contributed by atoms with Gasteiger partial charge in [-0.1, -0.05) is 85.5 Å². The number of aliphatic hydroxyl groups is 1. The van der Waals surface area contributed by atoms with E-state index in [0.29, 0.717) is 5.41 Å². The van der Waals surface area contributed by atoms with Crippen LogP contribution in [0.4, 0.5) is 0 Å². The average Bonchev–Trinajstić information content (AvgIpc) is 2.50. The molecule has 2 unspecified atom stereocenters. The van der Waals surface area contributed by atoms with Crippen molar-refractivity contribution in [2.24, 2.45) is 10.8 Å². The molecule has 2 aliphatic rings. The van der Waals surface area contributed by atoms with E-state index >= 15 is 0 Å².